The van der Waals surface area contributed by atoms with Gasteiger partial charge in [-0.25, -0.2) is 0 Å². The Hall–Kier alpha value is -3.26. The second kappa shape index (κ2) is 14.7. The molecule has 4 aromatic rings. The van der Waals surface area contributed by atoms with Crippen molar-refractivity contribution in [1.82, 2.24) is 9.97 Å². The summed E-state index contributed by atoms with van der Waals surface area (Å²) in [4.78, 5) is 8.42. The Balaban J connectivity index is 0.000000288. The highest BCUT2D eigenvalue weighted by atomic mass is 14.7. The van der Waals surface area contributed by atoms with Crippen LogP contribution in [0.3, 0.4) is 0 Å². The van der Waals surface area contributed by atoms with Crippen LogP contribution >= 0.6 is 0 Å². The number of nitrogens with zero attached hydrogens (tertiary/aromatic N) is 2. The molecule has 0 N–H and O–H groups in total. The van der Waals surface area contributed by atoms with E-state index in [4.69, 9.17) is 0 Å². The number of aryl methyl sites for hydroxylation is 4. The van der Waals surface area contributed by atoms with E-state index in [2.05, 4.69) is 86.2 Å². The third-order valence-corrected chi connectivity index (χ3v) is 5.29. The molecule has 174 valence electrons. The third kappa shape index (κ3) is 8.31. The molecular formula is C31H40N2. The fourth-order valence-corrected chi connectivity index (χ4v) is 3.26. The van der Waals surface area contributed by atoms with E-state index in [0.717, 1.165) is 5.69 Å². The molecule has 0 unspecified atom stereocenters. The summed E-state index contributed by atoms with van der Waals surface area (Å²) < 4.78 is 0. The normalized spacial score (nSPS) is 9.36. The highest BCUT2D eigenvalue weighted by Gasteiger charge is 2.03. The number of benzene rings is 2. The van der Waals surface area contributed by atoms with E-state index >= 15 is 0 Å². The molecule has 0 aliphatic carbocycles. The minimum atomic E-state index is 1.08. The van der Waals surface area contributed by atoms with Gasteiger partial charge in [0.1, 0.15) is 0 Å². The van der Waals surface area contributed by atoms with Crippen molar-refractivity contribution in [2.75, 3.05) is 0 Å². The molecule has 0 aliphatic rings. The second-order valence-electron chi connectivity index (χ2n) is 7.48. The number of rotatable bonds is 2. The van der Waals surface area contributed by atoms with Gasteiger partial charge in [-0.1, -0.05) is 81.8 Å². The minimum absolute atomic E-state index is 1.08. The van der Waals surface area contributed by atoms with Crippen LogP contribution in [0.4, 0.5) is 0 Å². The zero-order valence-corrected chi connectivity index (χ0v) is 21.9. The van der Waals surface area contributed by atoms with Gasteiger partial charge in [0.2, 0.25) is 0 Å². The smallest absolute Gasteiger partial charge is 0.0450 e. The van der Waals surface area contributed by atoms with Gasteiger partial charge in [0.25, 0.3) is 0 Å². The Kier molecular flexibility index (Phi) is 12.4. The summed E-state index contributed by atoms with van der Waals surface area (Å²) in [7, 11) is 0. The summed E-state index contributed by atoms with van der Waals surface area (Å²) in [6.45, 7) is 18.6. The summed E-state index contributed by atoms with van der Waals surface area (Å²) in [5.41, 5.74) is 11.3. The van der Waals surface area contributed by atoms with E-state index < -0.39 is 0 Å². The molecule has 0 radical (unpaired) electrons. The van der Waals surface area contributed by atoms with Crippen molar-refractivity contribution >= 4 is 0 Å². The predicted octanol–water partition coefficient (Wildman–Crippen LogP) is 9.09. The molecule has 0 saturated heterocycles. The molecule has 0 amide bonds. The molecule has 0 bridgehead atoms. The van der Waals surface area contributed by atoms with Crippen LogP contribution in [0.1, 0.15) is 55.6 Å². The Morgan fingerprint density at radius 3 is 1.67 bits per heavy atom. The maximum atomic E-state index is 4.28. The summed E-state index contributed by atoms with van der Waals surface area (Å²) in [6.07, 6.45) is 5.54. The van der Waals surface area contributed by atoms with Crippen LogP contribution in [0.2, 0.25) is 0 Å². The molecule has 0 fully saturated rings. The molecule has 2 heteroatoms. The molecule has 2 nitrogen and oxygen atoms in total. The van der Waals surface area contributed by atoms with Gasteiger partial charge in [0.05, 0.1) is 0 Å². The first-order valence-corrected chi connectivity index (χ1v) is 11.9. The van der Waals surface area contributed by atoms with Gasteiger partial charge in [0, 0.05) is 35.4 Å². The van der Waals surface area contributed by atoms with E-state index in [0.29, 0.717) is 0 Å². The van der Waals surface area contributed by atoms with Crippen molar-refractivity contribution in [1.29, 1.82) is 0 Å². The molecule has 33 heavy (non-hydrogen) atoms. The fraction of sp³-hybridized carbons (Fsp3) is 0.290. The molecular weight excluding hydrogens is 400 g/mol. The van der Waals surface area contributed by atoms with E-state index in [1.54, 1.807) is 6.20 Å². The molecule has 0 saturated carbocycles. The van der Waals surface area contributed by atoms with Crippen molar-refractivity contribution < 1.29 is 0 Å². The number of aromatic nitrogens is 2. The summed E-state index contributed by atoms with van der Waals surface area (Å²) in [5.74, 6) is 0. The lowest BCUT2D eigenvalue weighted by molar-refractivity contribution is 1.20. The largest absolute Gasteiger partial charge is 0.264 e. The van der Waals surface area contributed by atoms with Crippen LogP contribution < -0.4 is 0 Å². The van der Waals surface area contributed by atoms with E-state index in [1.807, 2.05) is 59.1 Å². The maximum absolute atomic E-state index is 4.28. The molecule has 0 aliphatic heterocycles. The first-order valence-electron chi connectivity index (χ1n) is 11.9. The summed E-state index contributed by atoms with van der Waals surface area (Å²) in [5, 5.41) is 0. The molecule has 0 atom stereocenters. The van der Waals surface area contributed by atoms with Gasteiger partial charge in [0.15, 0.2) is 0 Å². The van der Waals surface area contributed by atoms with Crippen LogP contribution in [0.25, 0.3) is 22.3 Å². The first-order chi connectivity index (χ1) is 16.0. The quantitative estimate of drug-likeness (QED) is 0.310. The lowest BCUT2D eigenvalue weighted by atomic mass is 9.97. The van der Waals surface area contributed by atoms with Crippen molar-refractivity contribution in [3.05, 3.63) is 107 Å². The second-order valence-corrected chi connectivity index (χ2v) is 7.48. The first kappa shape index (κ1) is 27.8. The monoisotopic (exact) mass is 440 g/mol. The van der Waals surface area contributed by atoms with Crippen molar-refractivity contribution in [3.8, 4) is 22.3 Å². The maximum Gasteiger partial charge on any atom is 0.0450 e. The van der Waals surface area contributed by atoms with Crippen LogP contribution in [0.15, 0.2) is 79.3 Å². The van der Waals surface area contributed by atoms with Gasteiger partial charge >= 0.3 is 0 Å². The third-order valence-electron chi connectivity index (χ3n) is 5.29. The van der Waals surface area contributed by atoms with E-state index in [9.17, 15) is 0 Å². The van der Waals surface area contributed by atoms with Gasteiger partial charge in [-0.3, -0.25) is 9.97 Å². The zero-order valence-electron chi connectivity index (χ0n) is 21.9. The van der Waals surface area contributed by atoms with Crippen LogP contribution in [0.5, 0.6) is 0 Å². The predicted molar refractivity (Wildman–Crippen MR) is 146 cm³/mol. The topological polar surface area (TPSA) is 25.8 Å². The SMILES string of the molecule is CC.CC.Cc1cc(-c2cccnc2)cc(C)c1C.Cc1ccc(-c2cccnc2C)cc1. The molecule has 4 rings (SSSR count). The Bertz CT molecular complexity index is 1060. The lowest BCUT2D eigenvalue weighted by Crippen LogP contribution is -1.88. The minimum Gasteiger partial charge on any atom is -0.264 e. The number of hydrogen-bond acceptors (Lipinski definition) is 2. The van der Waals surface area contributed by atoms with Crippen LogP contribution in [0, 0.1) is 34.6 Å². The zero-order chi connectivity index (χ0) is 24.8. The standard InChI is InChI=1S/C14H15N.C13H13N.2C2H6/c1-10-7-14(8-11(2)12(10)3)13-5-4-6-15-9-13;1-10-5-7-12(8-6-10)13-4-3-9-14-11(13)2;2*1-2/h4-9H,1-3H3;3-9H,1-2H3;2*1-2H3. The lowest BCUT2D eigenvalue weighted by Gasteiger charge is -2.08. The number of pyridine rings is 2. The summed E-state index contributed by atoms with van der Waals surface area (Å²) >= 11 is 0. The molecule has 2 aromatic heterocycles. The van der Waals surface area contributed by atoms with E-state index in [-0.39, 0.29) is 0 Å². The van der Waals surface area contributed by atoms with Crippen LogP contribution in [-0.4, -0.2) is 9.97 Å². The van der Waals surface area contributed by atoms with Gasteiger partial charge in [-0.15, -0.1) is 0 Å². The Morgan fingerprint density at radius 2 is 1.15 bits per heavy atom. The molecule has 2 aromatic carbocycles. The highest BCUT2D eigenvalue weighted by Crippen LogP contribution is 2.24. The van der Waals surface area contributed by atoms with Crippen molar-refractivity contribution in [3.63, 3.8) is 0 Å². The van der Waals surface area contributed by atoms with Gasteiger partial charge < -0.3 is 0 Å². The van der Waals surface area contributed by atoms with Crippen molar-refractivity contribution in [2.45, 2.75) is 62.3 Å². The van der Waals surface area contributed by atoms with E-state index in [1.165, 1.54) is 44.5 Å². The average molecular weight is 441 g/mol. The fourth-order valence-electron chi connectivity index (χ4n) is 3.26. The Labute approximate surface area is 201 Å². The highest BCUT2D eigenvalue weighted by molar-refractivity contribution is 5.66. The van der Waals surface area contributed by atoms with Crippen LogP contribution in [-0.2, 0) is 0 Å². The summed E-state index contributed by atoms with van der Waals surface area (Å²) in [6, 6.07) is 21.1. The van der Waals surface area contributed by atoms with Gasteiger partial charge in [-0.05, 0) is 74.6 Å². The van der Waals surface area contributed by atoms with Crippen molar-refractivity contribution in [2.24, 2.45) is 0 Å². The molecule has 0 spiro atoms. The average Bonchev–Trinajstić information content (AvgIpc) is 2.87. The Morgan fingerprint density at radius 1 is 0.576 bits per heavy atom. The molecule has 2 heterocycles. The number of hydrogen-bond donors (Lipinski definition) is 0. The van der Waals surface area contributed by atoms with Gasteiger partial charge in [-0.2, -0.15) is 0 Å².